The monoisotopic (exact) mass is 176 g/mol. The molecule has 0 saturated heterocycles. The largest absolute Gasteiger partial charge is 0.324 e. The van der Waals surface area contributed by atoms with Crippen molar-refractivity contribution in [1.29, 1.82) is 0 Å². The molecule has 2 heteroatoms. The van der Waals surface area contributed by atoms with Gasteiger partial charge in [0.15, 0.2) is 0 Å². The first-order valence-corrected chi connectivity index (χ1v) is 4.94. The average molecular weight is 176 g/mol. The molecule has 0 bridgehead atoms. The molecular weight excluding hydrogens is 160 g/mol. The normalized spacial score (nSPS) is 20.8. The van der Waals surface area contributed by atoms with Crippen LogP contribution in [0.4, 0.5) is 0 Å². The minimum absolute atomic E-state index is 0.226. The number of aryl methyl sites for hydroxylation is 1. The number of nitrogens with zero attached hydrogens (tertiary/aromatic N) is 1. The van der Waals surface area contributed by atoms with E-state index >= 15 is 0 Å². The van der Waals surface area contributed by atoms with Crippen LogP contribution in [-0.4, -0.2) is 4.98 Å². The molecule has 0 radical (unpaired) electrons. The molecule has 0 amide bonds. The van der Waals surface area contributed by atoms with E-state index in [-0.39, 0.29) is 6.04 Å². The van der Waals surface area contributed by atoms with Crippen molar-refractivity contribution in [2.75, 3.05) is 0 Å². The zero-order valence-corrected chi connectivity index (χ0v) is 8.25. The van der Waals surface area contributed by atoms with Crippen molar-refractivity contribution in [3.8, 4) is 0 Å². The van der Waals surface area contributed by atoms with E-state index in [0.717, 1.165) is 12.8 Å². The van der Waals surface area contributed by atoms with Gasteiger partial charge in [0.2, 0.25) is 0 Å². The maximum Gasteiger partial charge on any atom is 0.0455 e. The Balaban J connectivity index is 2.40. The van der Waals surface area contributed by atoms with E-state index < -0.39 is 0 Å². The molecular formula is C11H16N2. The Morgan fingerprint density at radius 2 is 2.23 bits per heavy atom. The van der Waals surface area contributed by atoms with E-state index in [1.54, 1.807) is 0 Å². The number of rotatable bonds is 1. The molecule has 1 aliphatic carbocycles. The molecule has 0 aromatic carbocycles. The summed E-state index contributed by atoms with van der Waals surface area (Å²) in [5.74, 6) is 0.516. The van der Waals surface area contributed by atoms with Gasteiger partial charge >= 0.3 is 0 Å². The molecule has 1 unspecified atom stereocenters. The number of hydrogen-bond donors (Lipinski definition) is 1. The smallest absolute Gasteiger partial charge is 0.0455 e. The summed E-state index contributed by atoms with van der Waals surface area (Å²) in [5.41, 5.74) is 9.60. The maximum atomic E-state index is 5.93. The van der Waals surface area contributed by atoms with Gasteiger partial charge in [-0.2, -0.15) is 0 Å². The lowest BCUT2D eigenvalue weighted by atomic mass is 10.1. The number of aromatic nitrogens is 1. The number of nitrogens with two attached hydrogens (primary N) is 1. The average Bonchev–Trinajstić information content (AvgIpc) is 2.47. The Kier molecular flexibility index (Phi) is 2.08. The van der Waals surface area contributed by atoms with Gasteiger partial charge in [0.05, 0.1) is 0 Å². The van der Waals surface area contributed by atoms with Gasteiger partial charge in [0, 0.05) is 17.4 Å². The van der Waals surface area contributed by atoms with Crippen molar-refractivity contribution in [3.05, 3.63) is 29.1 Å². The Hall–Kier alpha value is -0.890. The first-order chi connectivity index (χ1) is 6.18. The molecule has 0 saturated carbocycles. The van der Waals surface area contributed by atoms with Gasteiger partial charge in [-0.15, -0.1) is 0 Å². The lowest BCUT2D eigenvalue weighted by molar-refractivity contribution is 0.712. The number of fused-ring (bicyclic) bond motifs is 1. The minimum Gasteiger partial charge on any atom is -0.324 e. The first-order valence-electron chi connectivity index (χ1n) is 4.94. The van der Waals surface area contributed by atoms with Gasteiger partial charge in [0.25, 0.3) is 0 Å². The van der Waals surface area contributed by atoms with Gasteiger partial charge in [-0.25, -0.2) is 0 Å². The maximum absolute atomic E-state index is 5.93. The topological polar surface area (TPSA) is 38.9 Å². The van der Waals surface area contributed by atoms with E-state index in [1.165, 1.54) is 17.0 Å². The quantitative estimate of drug-likeness (QED) is 0.712. The van der Waals surface area contributed by atoms with Gasteiger partial charge in [0.1, 0.15) is 0 Å². The Bertz CT molecular complexity index is 318. The Morgan fingerprint density at radius 3 is 2.92 bits per heavy atom. The predicted molar refractivity (Wildman–Crippen MR) is 53.6 cm³/mol. The molecule has 0 spiro atoms. The molecule has 0 aliphatic heterocycles. The summed E-state index contributed by atoms with van der Waals surface area (Å²) in [6, 6.07) is 4.48. The molecule has 2 nitrogen and oxygen atoms in total. The molecule has 1 aromatic rings. The van der Waals surface area contributed by atoms with E-state index in [0.29, 0.717) is 5.92 Å². The highest BCUT2D eigenvalue weighted by molar-refractivity contribution is 5.31. The van der Waals surface area contributed by atoms with Crippen molar-refractivity contribution in [2.45, 2.75) is 38.6 Å². The summed E-state index contributed by atoms with van der Waals surface area (Å²) >= 11 is 0. The van der Waals surface area contributed by atoms with Crippen LogP contribution in [0.15, 0.2) is 12.1 Å². The van der Waals surface area contributed by atoms with E-state index in [2.05, 4.69) is 31.0 Å². The van der Waals surface area contributed by atoms with Crippen molar-refractivity contribution in [3.63, 3.8) is 0 Å². The zero-order chi connectivity index (χ0) is 9.42. The Morgan fingerprint density at radius 1 is 1.46 bits per heavy atom. The molecule has 1 atom stereocenters. The fourth-order valence-corrected chi connectivity index (χ4v) is 1.84. The lowest BCUT2D eigenvalue weighted by Crippen LogP contribution is -2.06. The third-order valence-electron chi connectivity index (χ3n) is 2.71. The molecule has 1 aromatic heterocycles. The van der Waals surface area contributed by atoms with Gasteiger partial charge < -0.3 is 5.73 Å². The van der Waals surface area contributed by atoms with Gasteiger partial charge in [-0.3, -0.25) is 4.98 Å². The van der Waals surface area contributed by atoms with E-state index in [1.807, 2.05) is 0 Å². The van der Waals surface area contributed by atoms with Crippen molar-refractivity contribution < 1.29 is 0 Å². The standard InChI is InChI=1S/C11H16N2/c1-7(2)10-5-3-8-9(12)4-6-11(8)13-10/h3,5,7,9H,4,6,12H2,1-2H3. The van der Waals surface area contributed by atoms with Crippen LogP contribution < -0.4 is 5.73 Å². The number of hydrogen-bond acceptors (Lipinski definition) is 2. The summed E-state index contributed by atoms with van der Waals surface area (Å²) in [6.07, 6.45) is 2.11. The van der Waals surface area contributed by atoms with Crippen LogP contribution in [0, 0.1) is 0 Å². The highest BCUT2D eigenvalue weighted by Gasteiger charge is 2.20. The summed E-state index contributed by atoms with van der Waals surface area (Å²) in [7, 11) is 0. The molecule has 0 fully saturated rings. The molecule has 1 heterocycles. The molecule has 70 valence electrons. The fraction of sp³-hybridized carbons (Fsp3) is 0.545. The second-order valence-corrected chi connectivity index (χ2v) is 4.07. The summed E-state index contributed by atoms with van der Waals surface area (Å²) in [4.78, 5) is 4.62. The minimum atomic E-state index is 0.226. The van der Waals surface area contributed by atoms with Crippen LogP contribution in [0.2, 0.25) is 0 Å². The summed E-state index contributed by atoms with van der Waals surface area (Å²) in [5, 5.41) is 0. The van der Waals surface area contributed by atoms with Crippen molar-refractivity contribution in [1.82, 2.24) is 4.98 Å². The Labute approximate surface area is 79.2 Å². The highest BCUT2D eigenvalue weighted by Crippen LogP contribution is 2.28. The van der Waals surface area contributed by atoms with E-state index in [4.69, 9.17) is 5.73 Å². The second-order valence-electron chi connectivity index (χ2n) is 4.07. The van der Waals surface area contributed by atoms with Gasteiger partial charge in [-0.05, 0) is 30.4 Å². The highest BCUT2D eigenvalue weighted by atomic mass is 14.8. The molecule has 2 N–H and O–H groups in total. The van der Waals surface area contributed by atoms with Crippen LogP contribution in [0.5, 0.6) is 0 Å². The third-order valence-corrected chi connectivity index (χ3v) is 2.71. The second kappa shape index (κ2) is 3.11. The van der Waals surface area contributed by atoms with E-state index in [9.17, 15) is 0 Å². The molecule has 1 aliphatic rings. The first kappa shape index (κ1) is 8.70. The number of pyridine rings is 1. The van der Waals surface area contributed by atoms with Crippen LogP contribution in [0.3, 0.4) is 0 Å². The SMILES string of the molecule is CC(C)c1ccc2c(n1)CCC2N. The lowest BCUT2D eigenvalue weighted by Gasteiger charge is -2.08. The van der Waals surface area contributed by atoms with Crippen molar-refractivity contribution >= 4 is 0 Å². The van der Waals surface area contributed by atoms with Crippen molar-refractivity contribution in [2.24, 2.45) is 5.73 Å². The van der Waals surface area contributed by atoms with Gasteiger partial charge in [-0.1, -0.05) is 19.9 Å². The van der Waals surface area contributed by atoms with Crippen LogP contribution in [-0.2, 0) is 6.42 Å². The zero-order valence-electron chi connectivity index (χ0n) is 8.25. The summed E-state index contributed by atoms with van der Waals surface area (Å²) < 4.78 is 0. The summed E-state index contributed by atoms with van der Waals surface area (Å²) in [6.45, 7) is 4.34. The fourth-order valence-electron chi connectivity index (χ4n) is 1.84. The van der Waals surface area contributed by atoms with Crippen LogP contribution >= 0.6 is 0 Å². The van der Waals surface area contributed by atoms with Crippen LogP contribution in [0.25, 0.3) is 0 Å². The molecule has 13 heavy (non-hydrogen) atoms. The predicted octanol–water partition coefficient (Wildman–Crippen LogP) is 2.15. The molecule has 2 rings (SSSR count). The third kappa shape index (κ3) is 1.46. The van der Waals surface area contributed by atoms with Crippen LogP contribution in [0.1, 0.15) is 49.2 Å².